The molecule has 2 aliphatic heterocycles. The molecule has 2 aliphatic rings. The van der Waals surface area contributed by atoms with E-state index < -0.39 is 0 Å². The SMILES string of the molecule is [CH3-].[CH3-].[Si]=[Zr].c1ccc2[cH-]c(N3CCCC3)cc2c1.c1ccc2[cH-]c(N3CCCC3)cc2c1. The van der Waals surface area contributed by atoms with Crippen LogP contribution in [0.1, 0.15) is 25.7 Å². The van der Waals surface area contributed by atoms with Crippen LogP contribution in [0.4, 0.5) is 11.4 Å². The Morgan fingerprint density at radius 3 is 1.28 bits per heavy atom. The van der Waals surface area contributed by atoms with Gasteiger partial charge in [-0.1, -0.05) is 23.5 Å². The minimum atomic E-state index is 0. The molecule has 4 aromatic carbocycles. The molecule has 2 fully saturated rings. The van der Waals surface area contributed by atoms with E-state index in [-0.39, 0.29) is 14.9 Å². The van der Waals surface area contributed by atoms with E-state index in [1.807, 2.05) is 0 Å². The largest absolute Gasteiger partial charge is 0.388 e. The number of benzene rings is 2. The molecule has 0 aromatic heterocycles. The number of hydrogen-bond donors (Lipinski definition) is 0. The normalized spacial score (nSPS) is 14.7. The maximum atomic E-state index is 3.06. The Kier molecular flexibility index (Phi) is 10.9. The summed E-state index contributed by atoms with van der Waals surface area (Å²) in [6, 6.07) is 26.4. The summed E-state index contributed by atoms with van der Waals surface area (Å²) in [5.41, 5.74) is 2.81. The molecule has 32 heavy (non-hydrogen) atoms. The van der Waals surface area contributed by atoms with Crippen molar-refractivity contribution in [3.8, 4) is 0 Å². The third-order valence-corrected chi connectivity index (χ3v) is 6.15. The van der Waals surface area contributed by atoms with Crippen molar-refractivity contribution in [2.45, 2.75) is 25.7 Å². The first-order chi connectivity index (χ1) is 14.9. The van der Waals surface area contributed by atoms with Gasteiger partial charge in [-0.05, 0) is 25.7 Å². The number of anilines is 2. The van der Waals surface area contributed by atoms with Gasteiger partial charge in [-0.3, -0.25) is 0 Å². The summed E-state index contributed by atoms with van der Waals surface area (Å²) in [4.78, 5) is 4.97. The molecule has 2 radical (unpaired) electrons. The zero-order valence-electron chi connectivity index (χ0n) is 19.5. The van der Waals surface area contributed by atoms with Crippen LogP contribution in [0, 0.1) is 14.9 Å². The molecule has 4 heteroatoms. The molecule has 0 aliphatic carbocycles. The molecular formula is C28H34N2SiZr-4. The van der Waals surface area contributed by atoms with E-state index in [0.717, 1.165) is 0 Å². The monoisotopic (exact) mass is 516 g/mol. The van der Waals surface area contributed by atoms with Gasteiger partial charge >= 0.3 is 30.2 Å². The molecule has 6 rings (SSSR count). The summed E-state index contributed by atoms with van der Waals surface area (Å²) in [5, 5.41) is 5.48. The molecule has 0 saturated carbocycles. The fraction of sp³-hybridized carbons (Fsp3) is 0.286. The summed E-state index contributed by atoms with van der Waals surface area (Å²) in [5.74, 6) is 0. The van der Waals surface area contributed by atoms with Crippen LogP contribution in [0.3, 0.4) is 0 Å². The minimum absolute atomic E-state index is 0. The smallest absolute Gasteiger partial charge is 0.0162 e. The Morgan fingerprint density at radius 1 is 0.594 bits per heavy atom. The number of fused-ring (bicyclic) bond motifs is 2. The van der Waals surface area contributed by atoms with Crippen molar-refractivity contribution >= 4 is 39.8 Å². The van der Waals surface area contributed by atoms with E-state index in [1.165, 1.54) is 108 Å². The Balaban J connectivity index is 0.000000199. The van der Waals surface area contributed by atoms with Gasteiger partial charge in [0.05, 0.1) is 0 Å². The molecule has 0 unspecified atom stereocenters. The van der Waals surface area contributed by atoms with Crippen molar-refractivity contribution in [2.75, 3.05) is 36.0 Å². The zero-order valence-corrected chi connectivity index (χ0v) is 22.9. The Bertz CT molecular complexity index is 919. The Labute approximate surface area is 211 Å². The van der Waals surface area contributed by atoms with Gasteiger partial charge in [0.25, 0.3) is 0 Å². The molecule has 0 atom stereocenters. The van der Waals surface area contributed by atoms with Crippen LogP contribution in [0.25, 0.3) is 21.5 Å². The van der Waals surface area contributed by atoms with Gasteiger partial charge in [-0.15, -0.1) is 82.2 Å². The first kappa shape index (κ1) is 26.6. The molecule has 0 spiro atoms. The number of hydrogen-bond acceptors (Lipinski definition) is 2. The summed E-state index contributed by atoms with van der Waals surface area (Å²) in [6.45, 7) is 7.99. The van der Waals surface area contributed by atoms with Crippen molar-refractivity contribution in [1.82, 2.24) is 0 Å². The van der Waals surface area contributed by atoms with E-state index in [1.54, 1.807) is 0 Å². The van der Waals surface area contributed by atoms with Crippen molar-refractivity contribution in [3.63, 3.8) is 0 Å². The van der Waals surface area contributed by atoms with Gasteiger partial charge in [0.15, 0.2) is 0 Å². The maximum Gasteiger partial charge on any atom is 0.0162 e. The van der Waals surface area contributed by atoms with Crippen LogP contribution >= 0.6 is 0 Å². The second-order valence-corrected chi connectivity index (χ2v) is 8.07. The first-order valence-corrected chi connectivity index (χ1v) is 15.1. The predicted molar refractivity (Wildman–Crippen MR) is 141 cm³/mol. The fourth-order valence-electron chi connectivity index (χ4n) is 4.58. The van der Waals surface area contributed by atoms with Crippen LogP contribution in [-0.4, -0.2) is 33.1 Å². The average molecular weight is 518 g/mol. The molecule has 0 N–H and O–H groups in total. The van der Waals surface area contributed by atoms with E-state index in [9.17, 15) is 0 Å². The molecule has 168 valence electrons. The van der Waals surface area contributed by atoms with Crippen LogP contribution < -0.4 is 9.80 Å². The Hall–Kier alpha value is -1.64. The maximum absolute atomic E-state index is 3.06. The number of nitrogens with zero attached hydrogens (tertiary/aromatic N) is 2. The molecular weight excluding hydrogens is 484 g/mol. The van der Waals surface area contributed by atoms with Crippen LogP contribution in [0.5, 0.6) is 0 Å². The summed E-state index contributed by atoms with van der Waals surface area (Å²) in [6.07, 6.45) is 5.39. The third kappa shape index (κ3) is 6.23. The summed E-state index contributed by atoms with van der Waals surface area (Å²) in [7, 11) is 0. The fourth-order valence-corrected chi connectivity index (χ4v) is 4.58. The number of rotatable bonds is 2. The van der Waals surface area contributed by atoms with Crippen molar-refractivity contribution < 1.29 is 23.3 Å². The van der Waals surface area contributed by atoms with E-state index in [2.05, 4.69) is 89.5 Å². The van der Waals surface area contributed by atoms with Crippen LogP contribution in [-0.2, 0) is 23.3 Å². The topological polar surface area (TPSA) is 6.48 Å². The zero-order chi connectivity index (χ0) is 20.8. The molecule has 2 nitrogen and oxygen atoms in total. The van der Waals surface area contributed by atoms with Gasteiger partial charge in [-0.25, -0.2) is 0 Å². The minimum Gasteiger partial charge on any atom is -0.388 e. The first-order valence-electron chi connectivity index (χ1n) is 10.9. The second-order valence-electron chi connectivity index (χ2n) is 8.07. The van der Waals surface area contributed by atoms with E-state index in [4.69, 9.17) is 0 Å². The molecule has 2 saturated heterocycles. The van der Waals surface area contributed by atoms with Crippen LogP contribution in [0.2, 0.25) is 0 Å². The van der Waals surface area contributed by atoms with Crippen molar-refractivity contribution in [3.05, 3.63) is 87.6 Å². The molecule has 0 bridgehead atoms. The van der Waals surface area contributed by atoms with E-state index >= 15 is 0 Å². The van der Waals surface area contributed by atoms with Crippen molar-refractivity contribution in [2.24, 2.45) is 0 Å². The predicted octanol–water partition coefficient (Wildman–Crippen LogP) is 6.84. The van der Waals surface area contributed by atoms with Gasteiger partial charge < -0.3 is 24.7 Å². The van der Waals surface area contributed by atoms with Crippen molar-refractivity contribution in [1.29, 1.82) is 0 Å². The standard InChI is InChI=1S/2C13H14N.2CH3.Si.Zr/c2*1-2-6-12-10-13(9-11(12)5-1)14-7-3-4-8-14;;;;/h2*1-2,5-6,9-10H,3-4,7-8H2;2*1H3;;/q4*-1;;. The molecule has 4 aromatic rings. The molecule has 0 amide bonds. The van der Waals surface area contributed by atoms with Crippen LogP contribution in [0.15, 0.2) is 72.8 Å². The summed E-state index contributed by atoms with van der Waals surface area (Å²) >= 11 is 1.36. The Morgan fingerprint density at radius 2 is 0.938 bits per heavy atom. The van der Waals surface area contributed by atoms with E-state index in [0.29, 0.717) is 0 Å². The van der Waals surface area contributed by atoms with Gasteiger partial charge in [0, 0.05) is 26.2 Å². The second kappa shape index (κ2) is 13.2. The third-order valence-electron chi connectivity index (χ3n) is 6.15. The summed E-state index contributed by atoms with van der Waals surface area (Å²) < 4.78 is 0. The van der Waals surface area contributed by atoms with Gasteiger partial charge in [0.1, 0.15) is 0 Å². The average Bonchev–Trinajstić information content (AvgIpc) is 3.60. The van der Waals surface area contributed by atoms with Gasteiger partial charge in [0.2, 0.25) is 0 Å². The quantitative estimate of drug-likeness (QED) is 0.212. The van der Waals surface area contributed by atoms with Gasteiger partial charge in [-0.2, -0.15) is 0 Å². The molecule has 2 heterocycles.